The van der Waals surface area contributed by atoms with Crippen LogP contribution in [0.4, 0.5) is 8.78 Å². The molecule has 1 atom stereocenters. The largest absolute Gasteiger partial charge is 0.271 e. The number of hydrazine groups is 1. The summed E-state index contributed by atoms with van der Waals surface area (Å²) in [6.45, 7) is 0. The molecule has 0 aromatic heterocycles. The van der Waals surface area contributed by atoms with E-state index in [0.717, 1.165) is 4.47 Å². The molecule has 2 aromatic carbocycles. The Kier molecular flexibility index (Phi) is 5.10. The fraction of sp³-hybridized carbons (Fsp3) is 0.143. The third kappa shape index (κ3) is 3.55. The van der Waals surface area contributed by atoms with Crippen LogP contribution in [0.5, 0.6) is 0 Å². The smallest absolute Gasteiger partial charge is 0.142 e. The zero-order valence-electron chi connectivity index (χ0n) is 10.3. The van der Waals surface area contributed by atoms with Gasteiger partial charge in [-0.2, -0.15) is 0 Å². The fourth-order valence-electron chi connectivity index (χ4n) is 1.92. The molecule has 6 heteroatoms. The van der Waals surface area contributed by atoms with Crippen molar-refractivity contribution in [1.82, 2.24) is 5.43 Å². The number of hydrogen-bond acceptors (Lipinski definition) is 2. The van der Waals surface area contributed by atoms with Crippen molar-refractivity contribution >= 4 is 27.5 Å². The van der Waals surface area contributed by atoms with Crippen LogP contribution in [0.3, 0.4) is 0 Å². The zero-order valence-corrected chi connectivity index (χ0v) is 12.7. The third-order valence-electron chi connectivity index (χ3n) is 2.98. The molecule has 2 aromatic rings. The molecule has 0 aliphatic rings. The number of hydrogen-bond donors (Lipinski definition) is 2. The third-order valence-corrected chi connectivity index (χ3v) is 3.78. The number of benzene rings is 2. The van der Waals surface area contributed by atoms with E-state index in [9.17, 15) is 8.78 Å². The summed E-state index contributed by atoms with van der Waals surface area (Å²) in [5.41, 5.74) is 3.66. The van der Waals surface area contributed by atoms with Gasteiger partial charge in [-0.05, 0) is 47.9 Å². The van der Waals surface area contributed by atoms with Gasteiger partial charge in [0, 0.05) is 4.47 Å². The standard InChI is InChI=1S/C14H12BrClF2N2/c15-10-2-4-12(17)9(5-10)7-14(20-19)8-1-3-11(16)13(18)6-8/h1-6,14,20H,7,19H2. The van der Waals surface area contributed by atoms with Crippen LogP contribution < -0.4 is 11.3 Å². The van der Waals surface area contributed by atoms with Crippen molar-refractivity contribution in [2.24, 2.45) is 5.84 Å². The molecule has 0 aliphatic carbocycles. The van der Waals surface area contributed by atoms with Crippen molar-refractivity contribution < 1.29 is 8.78 Å². The molecule has 0 spiro atoms. The lowest BCUT2D eigenvalue weighted by atomic mass is 9.99. The molecule has 1 unspecified atom stereocenters. The Morgan fingerprint density at radius 3 is 2.55 bits per heavy atom. The van der Waals surface area contributed by atoms with Crippen LogP contribution in [-0.2, 0) is 6.42 Å². The lowest BCUT2D eigenvalue weighted by molar-refractivity contribution is 0.524. The average molecular weight is 362 g/mol. The minimum Gasteiger partial charge on any atom is -0.271 e. The summed E-state index contributed by atoms with van der Waals surface area (Å²) in [6, 6.07) is 8.65. The Hall–Kier alpha value is -1.01. The molecule has 0 radical (unpaired) electrons. The van der Waals surface area contributed by atoms with Crippen molar-refractivity contribution in [1.29, 1.82) is 0 Å². The lowest BCUT2D eigenvalue weighted by Crippen LogP contribution is -2.29. The van der Waals surface area contributed by atoms with Gasteiger partial charge in [0.25, 0.3) is 0 Å². The molecular weight excluding hydrogens is 350 g/mol. The predicted octanol–water partition coefficient (Wildman–Crippen LogP) is 4.13. The maximum atomic E-state index is 13.7. The fourth-order valence-corrected chi connectivity index (χ4v) is 2.45. The van der Waals surface area contributed by atoms with E-state index in [4.69, 9.17) is 17.4 Å². The van der Waals surface area contributed by atoms with Crippen molar-refractivity contribution in [2.75, 3.05) is 0 Å². The summed E-state index contributed by atoms with van der Waals surface area (Å²) in [4.78, 5) is 0. The highest BCUT2D eigenvalue weighted by molar-refractivity contribution is 9.10. The first-order valence-electron chi connectivity index (χ1n) is 5.86. The van der Waals surface area contributed by atoms with Crippen LogP contribution >= 0.6 is 27.5 Å². The van der Waals surface area contributed by atoms with E-state index in [-0.39, 0.29) is 10.8 Å². The van der Waals surface area contributed by atoms with Crippen LogP contribution in [0.15, 0.2) is 40.9 Å². The number of rotatable bonds is 4. The quantitative estimate of drug-likeness (QED) is 0.635. The van der Waals surface area contributed by atoms with Crippen molar-refractivity contribution in [2.45, 2.75) is 12.5 Å². The van der Waals surface area contributed by atoms with Crippen LogP contribution in [-0.4, -0.2) is 0 Å². The van der Waals surface area contributed by atoms with E-state index in [2.05, 4.69) is 21.4 Å². The van der Waals surface area contributed by atoms with Gasteiger partial charge < -0.3 is 0 Å². The molecule has 3 N–H and O–H groups in total. The molecule has 106 valence electrons. The second-order valence-corrected chi connectivity index (χ2v) is 5.66. The molecule has 0 saturated heterocycles. The van der Waals surface area contributed by atoms with Gasteiger partial charge in [-0.3, -0.25) is 11.3 Å². The highest BCUT2D eigenvalue weighted by Crippen LogP contribution is 2.25. The van der Waals surface area contributed by atoms with E-state index in [1.54, 1.807) is 18.2 Å². The van der Waals surface area contributed by atoms with E-state index in [1.807, 2.05) is 0 Å². The van der Waals surface area contributed by atoms with Crippen molar-refractivity contribution in [3.8, 4) is 0 Å². The zero-order chi connectivity index (χ0) is 14.7. The molecule has 20 heavy (non-hydrogen) atoms. The van der Waals surface area contributed by atoms with E-state index in [1.165, 1.54) is 18.2 Å². The van der Waals surface area contributed by atoms with Crippen molar-refractivity contribution in [3.05, 3.63) is 68.7 Å². The highest BCUT2D eigenvalue weighted by atomic mass is 79.9. The Bertz CT molecular complexity index is 622. The Balaban J connectivity index is 2.28. The second-order valence-electron chi connectivity index (χ2n) is 4.33. The first-order chi connectivity index (χ1) is 9.51. The monoisotopic (exact) mass is 360 g/mol. The maximum Gasteiger partial charge on any atom is 0.142 e. The molecule has 0 bridgehead atoms. The molecule has 0 saturated carbocycles. The van der Waals surface area contributed by atoms with E-state index < -0.39 is 11.9 Å². The van der Waals surface area contributed by atoms with Crippen LogP contribution in [0, 0.1) is 11.6 Å². The van der Waals surface area contributed by atoms with E-state index >= 15 is 0 Å². The molecular formula is C14H12BrClF2N2. The second kappa shape index (κ2) is 6.63. The predicted molar refractivity (Wildman–Crippen MR) is 79.3 cm³/mol. The van der Waals surface area contributed by atoms with Gasteiger partial charge in [-0.1, -0.05) is 33.6 Å². The molecule has 0 fully saturated rings. The van der Waals surface area contributed by atoms with Gasteiger partial charge in [0.1, 0.15) is 11.6 Å². The Morgan fingerprint density at radius 1 is 1.15 bits per heavy atom. The topological polar surface area (TPSA) is 38.0 Å². The highest BCUT2D eigenvalue weighted by Gasteiger charge is 2.15. The molecule has 0 heterocycles. The first kappa shape index (κ1) is 15.4. The average Bonchev–Trinajstić information content (AvgIpc) is 2.43. The van der Waals surface area contributed by atoms with Gasteiger partial charge in [0.15, 0.2) is 0 Å². The molecule has 2 rings (SSSR count). The summed E-state index contributed by atoms with van der Waals surface area (Å²) < 4.78 is 28.0. The summed E-state index contributed by atoms with van der Waals surface area (Å²) in [5, 5.41) is 0.0400. The number of nitrogens with two attached hydrogens (primary N) is 1. The van der Waals surface area contributed by atoms with Crippen molar-refractivity contribution in [3.63, 3.8) is 0 Å². The summed E-state index contributed by atoms with van der Waals surface area (Å²) in [7, 11) is 0. The molecule has 0 aliphatic heterocycles. The minimum atomic E-state index is -0.529. The normalized spacial score (nSPS) is 12.4. The lowest BCUT2D eigenvalue weighted by Gasteiger charge is -2.17. The van der Waals surface area contributed by atoms with Gasteiger partial charge in [0.05, 0.1) is 11.1 Å². The Morgan fingerprint density at radius 2 is 1.90 bits per heavy atom. The number of halogens is 4. The van der Waals surface area contributed by atoms with Crippen LogP contribution in [0.2, 0.25) is 5.02 Å². The SMILES string of the molecule is NNC(Cc1cc(Br)ccc1F)c1ccc(Cl)c(F)c1. The molecule has 2 nitrogen and oxygen atoms in total. The van der Waals surface area contributed by atoms with Gasteiger partial charge in [0.2, 0.25) is 0 Å². The van der Waals surface area contributed by atoms with Gasteiger partial charge in [-0.15, -0.1) is 0 Å². The van der Waals surface area contributed by atoms with E-state index in [0.29, 0.717) is 17.5 Å². The van der Waals surface area contributed by atoms with Gasteiger partial charge in [-0.25, -0.2) is 8.78 Å². The number of nitrogens with one attached hydrogen (secondary N) is 1. The van der Waals surface area contributed by atoms with Crippen LogP contribution in [0.1, 0.15) is 17.2 Å². The minimum absolute atomic E-state index is 0.0400. The first-order valence-corrected chi connectivity index (χ1v) is 7.03. The summed E-state index contributed by atoms with van der Waals surface area (Å²) in [6.07, 6.45) is 0.294. The Labute approximate surface area is 129 Å². The summed E-state index contributed by atoms with van der Waals surface area (Å²) in [5.74, 6) is 4.63. The molecule has 0 amide bonds. The maximum absolute atomic E-state index is 13.7. The summed E-state index contributed by atoms with van der Waals surface area (Å²) >= 11 is 8.93. The van der Waals surface area contributed by atoms with Gasteiger partial charge >= 0.3 is 0 Å². The van der Waals surface area contributed by atoms with Crippen LogP contribution in [0.25, 0.3) is 0 Å².